The van der Waals surface area contributed by atoms with Gasteiger partial charge >= 0.3 is 0 Å². The van der Waals surface area contributed by atoms with E-state index in [1.807, 2.05) is 0 Å². The molecule has 1 aliphatic heterocycles. The molecule has 4 rings (SSSR count). The largest absolute Gasteiger partial charge is 0.387 e. The highest BCUT2D eigenvalue weighted by Gasteiger charge is 2.47. The standard InChI is InChI=1S/C21H22N8O5/c1-23-19(32)16-14(30)15(31)21(34-16)29-10-25-13-17(22)26-12(27-18(13)29)4-3-9-28(2)20(33)11-5-7-24-8-6-11/h5-8,10,14-16,21,30-31H,9H2,1-2H3,(H,23,32)(H2,22,26,27)/t14?,15-,16+,21-/m1/s1. The maximum atomic E-state index is 12.4. The van der Waals surface area contributed by atoms with Crippen molar-refractivity contribution in [2.75, 3.05) is 26.4 Å². The molecule has 0 aromatic carbocycles. The number of pyridine rings is 1. The predicted octanol–water partition coefficient (Wildman–Crippen LogP) is -1.71. The number of carbonyl (C=O) groups is 2. The summed E-state index contributed by atoms with van der Waals surface area (Å²) in [5.41, 5.74) is 6.93. The van der Waals surface area contributed by atoms with Crippen LogP contribution in [0.4, 0.5) is 5.82 Å². The molecule has 5 N–H and O–H groups in total. The second-order valence-electron chi connectivity index (χ2n) is 7.50. The van der Waals surface area contributed by atoms with E-state index in [0.717, 1.165) is 0 Å². The van der Waals surface area contributed by atoms with Gasteiger partial charge in [0.05, 0.1) is 12.9 Å². The molecule has 0 bridgehead atoms. The van der Waals surface area contributed by atoms with E-state index in [1.165, 1.54) is 35.2 Å². The molecule has 0 aliphatic carbocycles. The first-order chi connectivity index (χ1) is 16.3. The number of nitrogens with two attached hydrogens (primary N) is 1. The van der Waals surface area contributed by atoms with Gasteiger partial charge in [0.25, 0.3) is 11.8 Å². The van der Waals surface area contributed by atoms with Crippen molar-refractivity contribution in [3.63, 3.8) is 0 Å². The van der Waals surface area contributed by atoms with Crippen LogP contribution in [-0.4, -0.2) is 90.4 Å². The van der Waals surface area contributed by atoms with Crippen molar-refractivity contribution >= 4 is 28.8 Å². The van der Waals surface area contributed by atoms with E-state index in [0.29, 0.717) is 5.56 Å². The van der Waals surface area contributed by atoms with Crippen LogP contribution in [0.15, 0.2) is 30.9 Å². The van der Waals surface area contributed by atoms with E-state index in [1.54, 1.807) is 19.2 Å². The average Bonchev–Trinajstić information content (AvgIpc) is 3.39. The molecule has 4 heterocycles. The first kappa shape index (κ1) is 23.1. The zero-order valence-corrected chi connectivity index (χ0v) is 18.3. The number of fused-ring (bicyclic) bond motifs is 1. The number of ether oxygens (including phenoxy) is 1. The summed E-state index contributed by atoms with van der Waals surface area (Å²) in [6, 6.07) is 3.21. The summed E-state index contributed by atoms with van der Waals surface area (Å²) in [7, 11) is 3.00. The van der Waals surface area contributed by atoms with Gasteiger partial charge in [-0.25, -0.2) is 15.0 Å². The van der Waals surface area contributed by atoms with Crippen LogP contribution in [0.1, 0.15) is 22.4 Å². The number of likely N-dealkylation sites (N-methyl/N-ethyl adjacent to an activating group) is 1. The summed E-state index contributed by atoms with van der Waals surface area (Å²) >= 11 is 0. The van der Waals surface area contributed by atoms with Gasteiger partial charge in [0.1, 0.15) is 17.7 Å². The molecule has 13 heteroatoms. The number of hydrogen-bond donors (Lipinski definition) is 4. The molecule has 3 aromatic rings. The normalized spacial score (nSPS) is 21.6. The SMILES string of the molecule is CNC(=O)[C@H]1O[C@@H](n2cnc3c(N)nc(C#CCN(C)C(=O)c4ccncc4)nc32)[C@H](O)C1O. The second kappa shape index (κ2) is 9.40. The Bertz CT molecular complexity index is 1280. The summed E-state index contributed by atoms with van der Waals surface area (Å²) in [6.07, 6.45) is -0.893. The fraction of sp³-hybridized carbons (Fsp3) is 0.333. The van der Waals surface area contributed by atoms with Gasteiger partial charge in [-0.1, -0.05) is 5.92 Å². The van der Waals surface area contributed by atoms with Crippen molar-refractivity contribution in [2.45, 2.75) is 24.5 Å². The summed E-state index contributed by atoms with van der Waals surface area (Å²) in [4.78, 5) is 42.3. The van der Waals surface area contributed by atoms with Gasteiger partial charge in [0.15, 0.2) is 23.8 Å². The maximum Gasteiger partial charge on any atom is 0.254 e. The molecule has 3 aromatic heterocycles. The first-order valence-electron chi connectivity index (χ1n) is 10.2. The lowest BCUT2D eigenvalue weighted by molar-refractivity contribution is -0.137. The number of rotatable bonds is 4. The number of imidazole rings is 1. The predicted molar refractivity (Wildman–Crippen MR) is 118 cm³/mol. The van der Waals surface area contributed by atoms with Gasteiger partial charge in [-0.3, -0.25) is 19.1 Å². The van der Waals surface area contributed by atoms with Gasteiger partial charge in [-0.2, -0.15) is 0 Å². The van der Waals surface area contributed by atoms with E-state index < -0.39 is 30.4 Å². The minimum absolute atomic E-state index is 0.0464. The second-order valence-corrected chi connectivity index (χ2v) is 7.50. The van der Waals surface area contributed by atoms with Crippen LogP contribution in [0, 0.1) is 11.8 Å². The molecule has 0 saturated carbocycles. The third-order valence-corrected chi connectivity index (χ3v) is 5.26. The summed E-state index contributed by atoms with van der Waals surface area (Å²) in [6.45, 7) is 0.103. The van der Waals surface area contributed by atoms with Crippen molar-refractivity contribution in [2.24, 2.45) is 0 Å². The molecule has 1 saturated heterocycles. The molecule has 0 spiro atoms. The molecular weight excluding hydrogens is 444 g/mol. The first-order valence-corrected chi connectivity index (χ1v) is 10.2. The van der Waals surface area contributed by atoms with Gasteiger partial charge in [-0.15, -0.1) is 0 Å². The Labute approximate surface area is 193 Å². The minimum atomic E-state index is -1.45. The van der Waals surface area contributed by atoms with Crippen molar-refractivity contribution in [1.82, 2.24) is 34.7 Å². The maximum absolute atomic E-state index is 12.4. The van der Waals surface area contributed by atoms with Gasteiger partial charge in [-0.05, 0) is 18.1 Å². The Morgan fingerprint density at radius 3 is 2.71 bits per heavy atom. The smallest absolute Gasteiger partial charge is 0.254 e. The molecule has 34 heavy (non-hydrogen) atoms. The molecule has 2 amide bonds. The van der Waals surface area contributed by atoms with E-state index in [-0.39, 0.29) is 35.3 Å². The fourth-order valence-corrected chi connectivity index (χ4v) is 3.45. The fourth-order valence-electron chi connectivity index (χ4n) is 3.45. The molecule has 176 valence electrons. The number of nitrogens with zero attached hydrogens (tertiary/aromatic N) is 6. The Balaban J connectivity index is 1.57. The highest BCUT2D eigenvalue weighted by atomic mass is 16.6. The Morgan fingerprint density at radius 1 is 1.26 bits per heavy atom. The Morgan fingerprint density at radius 2 is 2.00 bits per heavy atom. The zero-order chi connectivity index (χ0) is 24.4. The molecular formula is C21H22N8O5. The number of aromatic nitrogens is 5. The number of aliphatic hydroxyl groups is 2. The molecule has 0 radical (unpaired) electrons. The highest BCUT2D eigenvalue weighted by Crippen LogP contribution is 2.32. The lowest BCUT2D eigenvalue weighted by Crippen LogP contribution is -2.41. The van der Waals surface area contributed by atoms with E-state index >= 15 is 0 Å². The molecule has 1 fully saturated rings. The van der Waals surface area contributed by atoms with Crippen molar-refractivity contribution in [3.8, 4) is 11.8 Å². The average molecular weight is 466 g/mol. The zero-order valence-electron chi connectivity index (χ0n) is 18.3. The van der Waals surface area contributed by atoms with Crippen molar-refractivity contribution < 1.29 is 24.5 Å². The van der Waals surface area contributed by atoms with E-state index in [2.05, 4.69) is 37.1 Å². The number of hydrogen-bond acceptors (Lipinski definition) is 10. The van der Waals surface area contributed by atoms with Gasteiger partial charge < -0.3 is 30.9 Å². The third kappa shape index (κ3) is 4.25. The highest BCUT2D eigenvalue weighted by molar-refractivity contribution is 5.94. The van der Waals surface area contributed by atoms with Crippen LogP contribution in [0.25, 0.3) is 11.2 Å². The van der Waals surface area contributed by atoms with Crippen LogP contribution in [-0.2, 0) is 9.53 Å². The molecule has 4 atom stereocenters. The molecule has 1 unspecified atom stereocenters. The van der Waals surface area contributed by atoms with Crippen molar-refractivity contribution in [1.29, 1.82) is 0 Å². The van der Waals surface area contributed by atoms with Crippen LogP contribution in [0.2, 0.25) is 0 Å². The van der Waals surface area contributed by atoms with E-state index in [9.17, 15) is 19.8 Å². The monoisotopic (exact) mass is 466 g/mol. The lowest BCUT2D eigenvalue weighted by atomic mass is 10.1. The summed E-state index contributed by atoms with van der Waals surface area (Å²) < 4.78 is 6.93. The topological polar surface area (TPSA) is 182 Å². The van der Waals surface area contributed by atoms with Crippen LogP contribution in [0.3, 0.4) is 0 Å². The van der Waals surface area contributed by atoms with Crippen LogP contribution in [0.5, 0.6) is 0 Å². The molecule has 13 nitrogen and oxygen atoms in total. The number of aliphatic hydroxyl groups excluding tert-OH is 2. The third-order valence-electron chi connectivity index (χ3n) is 5.26. The lowest BCUT2D eigenvalue weighted by Gasteiger charge is -2.16. The summed E-state index contributed by atoms with van der Waals surface area (Å²) in [5.74, 6) is 4.90. The number of nitrogens with one attached hydrogen (secondary N) is 1. The molecule has 1 aliphatic rings. The summed E-state index contributed by atoms with van der Waals surface area (Å²) in [5, 5.41) is 23.0. The van der Waals surface area contributed by atoms with Gasteiger partial charge in [0, 0.05) is 32.1 Å². The van der Waals surface area contributed by atoms with Crippen LogP contribution >= 0.6 is 0 Å². The van der Waals surface area contributed by atoms with E-state index in [4.69, 9.17) is 10.5 Å². The number of amides is 2. The van der Waals surface area contributed by atoms with Crippen molar-refractivity contribution in [3.05, 3.63) is 42.2 Å². The Hall–Kier alpha value is -4.12. The minimum Gasteiger partial charge on any atom is -0.387 e. The number of carbonyl (C=O) groups excluding carboxylic acids is 2. The number of nitrogen functional groups attached to an aromatic ring is 1. The number of anilines is 1. The van der Waals surface area contributed by atoms with Crippen LogP contribution < -0.4 is 11.1 Å². The van der Waals surface area contributed by atoms with Gasteiger partial charge in [0.2, 0.25) is 5.82 Å². The Kier molecular flexibility index (Phi) is 6.37. The quantitative estimate of drug-likeness (QED) is 0.323.